The van der Waals surface area contributed by atoms with Gasteiger partial charge in [-0.05, 0) is 6.42 Å². The lowest BCUT2D eigenvalue weighted by atomic mass is 10.4. The molecule has 1 saturated heterocycles. The summed E-state index contributed by atoms with van der Waals surface area (Å²) in [6, 6.07) is 0. The number of nitrogens with zero attached hydrogens (tertiary/aromatic N) is 1. The van der Waals surface area contributed by atoms with Gasteiger partial charge in [-0.3, -0.25) is 19.7 Å². The van der Waals surface area contributed by atoms with Crippen LogP contribution in [0.1, 0.15) is 19.8 Å². The molecule has 0 aromatic heterocycles. The smallest absolute Gasteiger partial charge is 0.246 e. The Morgan fingerprint density at radius 1 is 1.50 bits per heavy atom. The van der Waals surface area contributed by atoms with Gasteiger partial charge in [-0.2, -0.15) is 0 Å². The molecule has 1 aliphatic heterocycles. The SMILES string of the molecule is CC(CO)SCC(=O)NC(=O)CN1CCCC1=O. The molecular weight excluding hydrogens is 256 g/mol. The number of amides is 3. The first-order chi connectivity index (χ1) is 8.52. The highest BCUT2D eigenvalue weighted by atomic mass is 32.2. The molecule has 102 valence electrons. The van der Waals surface area contributed by atoms with E-state index >= 15 is 0 Å². The van der Waals surface area contributed by atoms with Crippen molar-refractivity contribution in [2.45, 2.75) is 25.0 Å². The fourth-order valence-corrected chi connectivity index (χ4v) is 2.16. The van der Waals surface area contributed by atoms with E-state index in [9.17, 15) is 14.4 Å². The Hall–Kier alpha value is -1.08. The highest BCUT2D eigenvalue weighted by Gasteiger charge is 2.22. The molecule has 0 aromatic carbocycles. The third kappa shape index (κ3) is 5.05. The van der Waals surface area contributed by atoms with Crippen molar-refractivity contribution in [3.05, 3.63) is 0 Å². The van der Waals surface area contributed by atoms with Gasteiger partial charge in [0.15, 0.2) is 0 Å². The summed E-state index contributed by atoms with van der Waals surface area (Å²) in [7, 11) is 0. The van der Waals surface area contributed by atoms with E-state index in [0.29, 0.717) is 13.0 Å². The summed E-state index contributed by atoms with van der Waals surface area (Å²) in [6.45, 7) is 2.32. The number of nitrogens with one attached hydrogen (secondary N) is 1. The first-order valence-electron chi connectivity index (χ1n) is 5.86. The predicted molar refractivity (Wildman–Crippen MR) is 68.0 cm³/mol. The number of rotatable bonds is 6. The normalized spacial score (nSPS) is 16.8. The van der Waals surface area contributed by atoms with E-state index in [1.54, 1.807) is 6.92 Å². The highest BCUT2D eigenvalue weighted by Crippen LogP contribution is 2.09. The Balaban J connectivity index is 2.23. The van der Waals surface area contributed by atoms with Crippen molar-refractivity contribution in [1.82, 2.24) is 10.2 Å². The average molecular weight is 274 g/mol. The Morgan fingerprint density at radius 3 is 2.78 bits per heavy atom. The monoisotopic (exact) mass is 274 g/mol. The number of carbonyl (C=O) groups is 3. The largest absolute Gasteiger partial charge is 0.395 e. The molecule has 3 amide bonds. The first kappa shape index (κ1) is 15.0. The van der Waals surface area contributed by atoms with Crippen LogP contribution in [0.4, 0.5) is 0 Å². The summed E-state index contributed by atoms with van der Waals surface area (Å²) in [5, 5.41) is 11.0. The molecule has 1 aliphatic rings. The third-order valence-corrected chi connectivity index (χ3v) is 3.69. The Bertz CT molecular complexity index is 335. The number of thioether (sulfide) groups is 1. The molecule has 0 bridgehead atoms. The summed E-state index contributed by atoms with van der Waals surface area (Å²) in [5.41, 5.74) is 0. The fraction of sp³-hybridized carbons (Fsp3) is 0.727. The topological polar surface area (TPSA) is 86.7 Å². The van der Waals surface area contributed by atoms with Gasteiger partial charge in [-0.15, -0.1) is 11.8 Å². The van der Waals surface area contributed by atoms with Crippen LogP contribution in [0.15, 0.2) is 0 Å². The maximum absolute atomic E-state index is 11.5. The van der Waals surface area contributed by atoms with Crippen molar-refractivity contribution in [2.75, 3.05) is 25.4 Å². The second kappa shape index (κ2) is 7.38. The highest BCUT2D eigenvalue weighted by molar-refractivity contribution is 8.00. The van der Waals surface area contributed by atoms with Crippen LogP contribution >= 0.6 is 11.8 Å². The molecular formula is C11H18N2O4S. The van der Waals surface area contributed by atoms with Gasteiger partial charge in [-0.25, -0.2) is 0 Å². The van der Waals surface area contributed by atoms with Gasteiger partial charge in [0.25, 0.3) is 0 Å². The van der Waals surface area contributed by atoms with Crippen LogP contribution in [0.5, 0.6) is 0 Å². The molecule has 7 heteroatoms. The van der Waals surface area contributed by atoms with E-state index in [-0.39, 0.29) is 30.1 Å². The number of carbonyl (C=O) groups excluding carboxylic acids is 3. The second-order valence-corrected chi connectivity index (χ2v) is 5.62. The van der Waals surface area contributed by atoms with Crippen LogP contribution in [0.2, 0.25) is 0 Å². The number of likely N-dealkylation sites (tertiary alicyclic amines) is 1. The number of imide groups is 1. The molecule has 6 nitrogen and oxygen atoms in total. The number of hydrogen-bond donors (Lipinski definition) is 2. The number of hydrogen-bond acceptors (Lipinski definition) is 5. The maximum atomic E-state index is 11.5. The van der Waals surface area contributed by atoms with Crippen molar-refractivity contribution in [2.24, 2.45) is 0 Å². The molecule has 1 unspecified atom stereocenters. The maximum Gasteiger partial charge on any atom is 0.246 e. The van der Waals surface area contributed by atoms with Gasteiger partial charge in [-0.1, -0.05) is 6.92 Å². The van der Waals surface area contributed by atoms with E-state index in [1.807, 2.05) is 0 Å². The molecule has 0 radical (unpaired) electrons. The Morgan fingerprint density at radius 2 is 2.22 bits per heavy atom. The lowest BCUT2D eigenvalue weighted by Crippen LogP contribution is -2.41. The molecule has 0 aliphatic carbocycles. The van der Waals surface area contributed by atoms with Crippen molar-refractivity contribution in [3.63, 3.8) is 0 Å². The second-order valence-electron chi connectivity index (χ2n) is 4.19. The van der Waals surface area contributed by atoms with Crippen molar-refractivity contribution < 1.29 is 19.5 Å². The van der Waals surface area contributed by atoms with Gasteiger partial charge in [0, 0.05) is 18.2 Å². The lowest BCUT2D eigenvalue weighted by Gasteiger charge is -2.14. The molecule has 18 heavy (non-hydrogen) atoms. The Labute approximate surface area is 110 Å². The van der Waals surface area contributed by atoms with Gasteiger partial charge < -0.3 is 10.0 Å². The molecule has 1 heterocycles. The van der Waals surface area contributed by atoms with E-state index in [2.05, 4.69) is 5.32 Å². The zero-order valence-corrected chi connectivity index (χ0v) is 11.2. The van der Waals surface area contributed by atoms with E-state index < -0.39 is 11.8 Å². The number of aliphatic hydroxyl groups excluding tert-OH is 1. The quantitative estimate of drug-likeness (QED) is 0.673. The molecule has 2 N–H and O–H groups in total. The Kier molecular flexibility index (Phi) is 6.14. The molecule has 0 saturated carbocycles. The molecule has 0 aromatic rings. The lowest BCUT2D eigenvalue weighted by molar-refractivity contribution is -0.135. The summed E-state index contributed by atoms with van der Waals surface area (Å²) in [4.78, 5) is 35.6. The summed E-state index contributed by atoms with van der Waals surface area (Å²) in [6.07, 6.45) is 1.25. The minimum atomic E-state index is -0.451. The standard InChI is InChI=1S/C11H18N2O4S/c1-8(6-14)18-7-10(16)12-9(15)5-13-4-2-3-11(13)17/h8,14H,2-7H2,1H3,(H,12,15,16). The average Bonchev–Trinajstić information content (AvgIpc) is 2.71. The van der Waals surface area contributed by atoms with Gasteiger partial charge in [0.05, 0.1) is 18.9 Å². The van der Waals surface area contributed by atoms with Crippen LogP contribution < -0.4 is 5.32 Å². The first-order valence-corrected chi connectivity index (χ1v) is 6.90. The van der Waals surface area contributed by atoms with Crippen LogP contribution in [-0.2, 0) is 14.4 Å². The zero-order chi connectivity index (χ0) is 13.5. The third-order valence-electron chi connectivity index (χ3n) is 2.54. The van der Waals surface area contributed by atoms with Crippen molar-refractivity contribution in [3.8, 4) is 0 Å². The van der Waals surface area contributed by atoms with Crippen LogP contribution in [-0.4, -0.2) is 58.4 Å². The van der Waals surface area contributed by atoms with Gasteiger partial charge in [0.1, 0.15) is 0 Å². The molecule has 0 spiro atoms. The molecule has 1 atom stereocenters. The van der Waals surface area contributed by atoms with Gasteiger partial charge in [0.2, 0.25) is 17.7 Å². The van der Waals surface area contributed by atoms with Gasteiger partial charge >= 0.3 is 0 Å². The minimum Gasteiger partial charge on any atom is -0.395 e. The predicted octanol–water partition coefficient (Wildman–Crippen LogP) is -0.634. The minimum absolute atomic E-state index is 0.00578. The van der Waals surface area contributed by atoms with Crippen molar-refractivity contribution in [1.29, 1.82) is 0 Å². The summed E-state index contributed by atoms with van der Waals surface area (Å²) < 4.78 is 0. The summed E-state index contributed by atoms with van der Waals surface area (Å²) >= 11 is 1.27. The van der Waals surface area contributed by atoms with Crippen LogP contribution in [0.3, 0.4) is 0 Å². The molecule has 1 rings (SSSR count). The van der Waals surface area contributed by atoms with Crippen LogP contribution in [0.25, 0.3) is 0 Å². The van der Waals surface area contributed by atoms with E-state index in [4.69, 9.17) is 5.11 Å². The van der Waals surface area contributed by atoms with Crippen molar-refractivity contribution >= 4 is 29.5 Å². The molecule has 1 fully saturated rings. The van der Waals surface area contributed by atoms with Crippen LogP contribution in [0, 0.1) is 0 Å². The van der Waals surface area contributed by atoms with E-state index in [1.165, 1.54) is 16.7 Å². The zero-order valence-electron chi connectivity index (χ0n) is 10.3. The summed E-state index contributed by atoms with van der Waals surface area (Å²) in [5.74, 6) is -0.758. The number of aliphatic hydroxyl groups is 1. The van der Waals surface area contributed by atoms with E-state index in [0.717, 1.165) is 6.42 Å². The fourth-order valence-electron chi connectivity index (χ4n) is 1.55.